The second-order valence-electron chi connectivity index (χ2n) is 3.70. The number of rotatable bonds is 6. The largest absolute Gasteiger partial charge is 0.480 e. The summed E-state index contributed by atoms with van der Waals surface area (Å²) in [7, 11) is 3.00. The van der Waals surface area contributed by atoms with Crippen molar-refractivity contribution in [3.63, 3.8) is 0 Å². The Labute approximate surface area is 106 Å². The molecule has 5 nitrogen and oxygen atoms in total. The molecule has 6 heteroatoms. The number of ether oxygens (including phenoxy) is 2. The lowest BCUT2D eigenvalue weighted by Gasteiger charge is -2.14. The first-order chi connectivity index (χ1) is 8.08. The Kier molecular flexibility index (Phi) is 5.50. The molecule has 0 aromatic carbocycles. The molecular weight excluding hydrogens is 240 g/mol. The minimum absolute atomic E-state index is 0.307. The zero-order valence-electron chi connectivity index (χ0n) is 10.5. The third-order valence-corrected chi connectivity index (χ3v) is 3.23. The van der Waals surface area contributed by atoms with Crippen molar-refractivity contribution in [2.75, 3.05) is 20.0 Å². The maximum absolute atomic E-state index is 10.0. The van der Waals surface area contributed by atoms with Crippen LogP contribution in [0.2, 0.25) is 0 Å². The third-order valence-electron chi connectivity index (χ3n) is 2.05. The Bertz CT molecular complexity index is 361. The maximum Gasteiger partial charge on any atom is 0.241 e. The monoisotopic (exact) mass is 258 g/mol. The fourth-order valence-electron chi connectivity index (χ4n) is 1.21. The standard InChI is InChI=1S/C11H18N2O3S/c1-7(2)17-6-8(14)10-11(16-4)13-9(15-3)5-12-10/h5,7-8,14H,6H2,1-4H3. The Morgan fingerprint density at radius 3 is 2.59 bits per heavy atom. The highest BCUT2D eigenvalue weighted by atomic mass is 32.2. The normalized spacial score (nSPS) is 12.6. The van der Waals surface area contributed by atoms with Gasteiger partial charge >= 0.3 is 0 Å². The third kappa shape index (κ3) is 4.05. The van der Waals surface area contributed by atoms with Crippen LogP contribution in [-0.2, 0) is 0 Å². The molecule has 1 heterocycles. The van der Waals surface area contributed by atoms with Crippen molar-refractivity contribution in [2.45, 2.75) is 25.2 Å². The summed E-state index contributed by atoms with van der Waals surface area (Å²) < 4.78 is 10.0. The SMILES string of the molecule is COc1cnc(C(O)CSC(C)C)c(OC)n1. The van der Waals surface area contributed by atoms with E-state index in [0.29, 0.717) is 28.5 Å². The lowest BCUT2D eigenvalue weighted by atomic mass is 10.3. The summed E-state index contributed by atoms with van der Waals surface area (Å²) in [6, 6.07) is 0. The molecule has 1 unspecified atom stereocenters. The second-order valence-corrected chi connectivity index (χ2v) is 5.31. The predicted octanol–water partition coefficient (Wildman–Crippen LogP) is 1.67. The lowest BCUT2D eigenvalue weighted by molar-refractivity contribution is 0.191. The summed E-state index contributed by atoms with van der Waals surface area (Å²) in [6.07, 6.45) is 0.789. The molecule has 0 fully saturated rings. The van der Waals surface area contributed by atoms with Gasteiger partial charge < -0.3 is 14.6 Å². The summed E-state index contributed by atoms with van der Waals surface area (Å²) in [5, 5.41) is 10.5. The number of aliphatic hydroxyl groups excluding tert-OH is 1. The van der Waals surface area contributed by atoms with Gasteiger partial charge in [-0.1, -0.05) is 13.8 Å². The van der Waals surface area contributed by atoms with Crippen molar-refractivity contribution in [1.82, 2.24) is 9.97 Å². The molecule has 1 aromatic heterocycles. The summed E-state index contributed by atoms with van der Waals surface area (Å²) in [6.45, 7) is 4.16. The van der Waals surface area contributed by atoms with Crippen LogP contribution in [0.25, 0.3) is 0 Å². The fraction of sp³-hybridized carbons (Fsp3) is 0.636. The van der Waals surface area contributed by atoms with Crippen LogP contribution in [0.5, 0.6) is 11.8 Å². The molecule has 1 aromatic rings. The van der Waals surface area contributed by atoms with Crippen LogP contribution in [0.3, 0.4) is 0 Å². The molecule has 0 aliphatic carbocycles. The first kappa shape index (κ1) is 14.1. The molecule has 1 atom stereocenters. The van der Waals surface area contributed by atoms with Crippen LogP contribution in [0.1, 0.15) is 25.6 Å². The zero-order valence-corrected chi connectivity index (χ0v) is 11.3. The van der Waals surface area contributed by atoms with Crippen molar-refractivity contribution < 1.29 is 14.6 Å². The average Bonchev–Trinajstić information content (AvgIpc) is 2.34. The smallest absolute Gasteiger partial charge is 0.241 e. The molecule has 17 heavy (non-hydrogen) atoms. The highest BCUT2D eigenvalue weighted by Crippen LogP contribution is 2.26. The average molecular weight is 258 g/mol. The second kappa shape index (κ2) is 6.66. The van der Waals surface area contributed by atoms with E-state index in [-0.39, 0.29) is 0 Å². The van der Waals surface area contributed by atoms with Gasteiger partial charge in [0.05, 0.1) is 20.4 Å². The molecule has 0 spiro atoms. The van der Waals surface area contributed by atoms with E-state index in [0.717, 1.165) is 0 Å². The number of aliphatic hydroxyl groups is 1. The van der Waals surface area contributed by atoms with Gasteiger partial charge in [0.25, 0.3) is 0 Å². The van der Waals surface area contributed by atoms with Crippen molar-refractivity contribution in [3.05, 3.63) is 11.9 Å². The molecule has 0 saturated heterocycles. The molecule has 0 aliphatic heterocycles. The van der Waals surface area contributed by atoms with E-state index in [1.165, 1.54) is 20.4 Å². The number of hydrogen-bond acceptors (Lipinski definition) is 6. The summed E-state index contributed by atoms with van der Waals surface area (Å²) in [4.78, 5) is 8.20. The van der Waals surface area contributed by atoms with E-state index >= 15 is 0 Å². The molecular formula is C11H18N2O3S. The highest BCUT2D eigenvalue weighted by molar-refractivity contribution is 7.99. The van der Waals surface area contributed by atoms with Gasteiger partial charge in [-0.2, -0.15) is 16.7 Å². The Balaban J connectivity index is 2.81. The van der Waals surface area contributed by atoms with Gasteiger partial charge in [-0.15, -0.1) is 0 Å². The van der Waals surface area contributed by atoms with E-state index in [9.17, 15) is 5.11 Å². The Hall–Kier alpha value is -1.01. The molecule has 1 N–H and O–H groups in total. The molecule has 0 aliphatic rings. The molecule has 0 bridgehead atoms. The van der Waals surface area contributed by atoms with Crippen LogP contribution in [0, 0.1) is 0 Å². The van der Waals surface area contributed by atoms with E-state index in [1.807, 2.05) is 0 Å². The van der Waals surface area contributed by atoms with E-state index in [1.54, 1.807) is 11.8 Å². The van der Waals surface area contributed by atoms with E-state index < -0.39 is 6.10 Å². The first-order valence-electron chi connectivity index (χ1n) is 5.33. The van der Waals surface area contributed by atoms with Crippen molar-refractivity contribution in [2.24, 2.45) is 0 Å². The van der Waals surface area contributed by atoms with Gasteiger partial charge in [0.2, 0.25) is 11.8 Å². The fourth-order valence-corrected chi connectivity index (χ4v) is 1.93. The summed E-state index contributed by atoms with van der Waals surface area (Å²) in [5.74, 6) is 1.24. The van der Waals surface area contributed by atoms with Gasteiger partial charge in [-0.3, -0.25) is 0 Å². The topological polar surface area (TPSA) is 64.5 Å². The molecule has 0 saturated carbocycles. The number of thioether (sulfide) groups is 1. The van der Waals surface area contributed by atoms with E-state index in [4.69, 9.17) is 9.47 Å². The number of methoxy groups -OCH3 is 2. The minimum Gasteiger partial charge on any atom is -0.480 e. The van der Waals surface area contributed by atoms with Crippen molar-refractivity contribution >= 4 is 11.8 Å². The first-order valence-corrected chi connectivity index (χ1v) is 6.38. The van der Waals surface area contributed by atoms with Crippen LogP contribution >= 0.6 is 11.8 Å². The minimum atomic E-state index is -0.684. The molecule has 96 valence electrons. The number of nitrogens with zero attached hydrogens (tertiary/aromatic N) is 2. The molecule has 1 rings (SSSR count). The molecule has 0 radical (unpaired) electrons. The number of aromatic nitrogens is 2. The summed E-state index contributed by atoms with van der Waals surface area (Å²) >= 11 is 1.66. The maximum atomic E-state index is 10.0. The zero-order chi connectivity index (χ0) is 12.8. The number of hydrogen-bond donors (Lipinski definition) is 1. The van der Waals surface area contributed by atoms with Crippen molar-refractivity contribution in [3.8, 4) is 11.8 Å². The van der Waals surface area contributed by atoms with Crippen LogP contribution in [-0.4, -0.2) is 40.3 Å². The van der Waals surface area contributed by atoms with Gasteiger partial charge in [0, 0.05) is 5.75 Å². The van der Waals surface area contributed by atoms with E-state index in [2.05, 4.69) is 23.8 Å². The van der Waals surface area contributed by atoms with Gasteiger partial charge in [0.15, 0.2) is 0 Å². The van der Waals surface area contributed by atoms with Gasteiger partial charge in [0.1, 0.15) is 11.8 Å². The van der Waals surface area contributed by atoms with Gasteiger partial charge in [-0.05, 0) is 5.25 Å². The van der Waals surface area contributed by atoms with Crippen LogP contribution in [0.15, 0.2) is 6.20 Å². The lowest BCUT2D eigenvalue weighted by Crippen LogP contribution is -2.09. The Morgan fingerprint density at radius 1 is 1.35 bits per heavy atom. The van der Waals surface area contributed by atoms with Gasteiger partial charge in [-0.25, -0.2) is 4.98 Å². The van der Waals surface area contributed by atoms with Crippen LogP contribution < -0.4 is 9.47 Å². The van der Waals surface area contributed by atoms with Crippen molar-refractivity contribution in [1.29, 1.82) is 0 Å². The highest BCUT2D eigenvalue weighted by Gasteiger charge is 2.17. The summed E-state index contributed by atoms with van der Waals surface area (Å²) in [5.41, 5.74) is 0.446. The quantitative estimate of drug-likeness (QED) is 0.837. The Morgan fingerprint density at radius 2 is 2.06 bits per heavy atom. The molecule has 0 amide bonds. The predicted molar refractivity (Wildman–Crippen MR) is 67.7 cm³/mol. The van der Waals surface area contributed by atoms with Crippen LogP contribution in [0.4, 0.5) is 0 Å².